The van der Waals surface area contributed by atoms with Gasteiger partial charge < -0.3 is 10.5 Å². The molecule has 2 aromatic heterocycles. The zero-order valence-electron chi connectivity index (χ0n) is 11.1. The van der Waals surface area contributed by atoms with Gasteiger partial charge in [-0.1, -0.05) is 0 Å². The van der Waals surface area contributed by atoms with Crippen LogP contribution in [0.1, 0.15) is 11.1 Å². The first-order valence-corrected chi connectivity index (χ1v) is 6.86. The van der Waals surface area contributed by atoms with Crippen molar-refractivity contribution in [1.29, 1.82) is 0 Å². The minimum Gasteiger partial charge on any atom is -0.496 e. The van der Waals surface area contributed by atoms with Crippen LogP contribution in [0, 0.1) is 13.8 Å². The normalized spacial score (nSPS) is 11.1. The third kappa shape index (κ3) is 1.86. The maximum Gasteiger partial charge on any atom is 0.196 e. The van der Waals surface area contributed by atoms with Gasteiger partial charge in [-0.25, -0.2) is 4.98 Å². The molecule has 0 saturated carbocycles. The number of hydrogen-bond donors (Lipinski definition) is 1. The summed E-state index contributed by atoms with van der Waals surface area (Å²) in [5.41, 5.74) is 10.3. The number of fused-ring (bicyclic) bond motifs is 1. The van der Waals surface area contributed by atoms with E-state index in [2.05, 4.69) is 29.4 Å². The summed E-state index contributed by atoms with van der Waals surface area (Å²) in [5, 5.41) is 2.11. The van der Waals surface area contributed by atoms with Crippen molar-refractivity contribution in [3.63, 3.8) is 0 Å². The smallest absolute Gasteiger partial charge is 0.196 e. The number of nitrogen functional groups attached to an aromatic ring is 1. The second kappa shape index (κ2) is 4.28. The highest BCUT2D eigenvalue weighted by Crippen LogP contribution is 2.33. The lowest BCUT2D eigenvalue weighted by atomic mass is 10.0. The molecule has 0 unspecified atom stereocenters. The molecule has 0 saturated heterocycles. The summed E-state index contributed by atoms with van der Waals surface area (Å²) in [6.45, 7) is 4.13. The van der Waals surface area contributed by atoms with Crippen molar-refractivity contribution in [2.75, 3.05) is 12.8 Å². The van der Waals surface area contributed by atoms with Crippen molar-refractivity contribution in [1.82, 2.24) is 9.38 Å². The summed E-state index contributed by atoms with van der Waals surface area (Å²) in [7, 11) is 1.70. The third-order valence-corrected chi connectivity index (χ3v) is 4.09. The highest BCUT2D eigenvalue weighted by molar-refractivity contribution is 7.15. The monoisotopic (exact) mass is 273 g/mol. The van der Waals surface area contributed by atoms with E-state index in [1.54, 1.807) is 18.4 Å². The number of aryl methyl sites for hydroxylation is 2. The summed E-state index contributed by atoms with van der Waals surface area (Å²) in [6, 6.07) is 4.21. The Morgan fingerprint density at radius 3 is 2.79 bits per heavy atom. The molecule has 0 amide bonds. The lowest BCUT2D eigenvalue weighted by Gasteiger charge is -2.10. The lowest BCUT2D eigenvalue weighted by molar-refractivity contribution is 0.411. The fourth-order valence-electron chi connectivity index (χ4n) is 2.28. The second-order valence-corrected chi connectivity index (χ2v) is 5.41. The Kier molecular flexibility index (Phi) is 2.71. The number of benzene rings is 1. The number of hydrogen-bond acceptors (Lipinski definition) is 4. The standard InChI is InChI=1S/C14H15N3OS/c1-8-5-12(18-3)9(2)4-10(8)11-7-19-14-16-13(15)6-17(11)14/h4-7H,15H2,1-3H3. The minimum absolute atomic E-state index is 0.552. The molecular formula is C14H15N3OS. The molecule has 2 N–H and O–H groups in total. The maximum absolute atomic E-state index is 5.75. The van der Waals surface area contributed by atoms with E-state index in [9.17, 15) is 0 Å². The van der Waals surface area contributed by atoms with Crippen LogP contribution in [0.3, 0.4) is 0 Å². The Morgan fingerprint density at radius 2 is 2.05 bits per heavy atom. The van der Waals surface area contributed by atoms with Crippen LogP contribution in [0.2, 0.25) is 0 Å². The molecule has 2 heterocycles. The summed E-state index contributed by atoms with van der Waals surface area (Å²) >= 11 is 1.59. The number of aromatic nitrogens is 2. The van der Waals surface area contributed by atoms with Crippen LogP contribution in [0.15, 0.2) is 23.7 Å². The van der Waals surface area contributed by atoms with E-state index >= 15 is 0 Å². The largest absolute Gasteiger partial charge is 0.496 e. The van der Waals surface area contributed by atoms with Crippen molar-refractivity contribution in [2.45, 2.75) is 13.8 Å². The third-order valence-electron chi connectivity index (χ3n) is 3.25. The van der Waals surface area contributed by atoms with E-state index in [0.29, 0.717) is 5.82 Å². The number of rotatable bonds is 2. The van der Waals surface area contributed by atoms with Gasteiger partial charge in [-0.2, -0.15) is 0 Å². The molecule has 0 radical (unpaired) electrons. The van der Waals surface area contributed by atoms with Crippen molar-refractivity contribution >= 4 is 22.1 Å². The molecule has 3 rings (SSSR count). The Hall–Kier alpha value is -2.01. The van der Waals surface area contributed by atoms with E-state index in [0.717, 1.165) is 22.0 Å². The number of ether oxygens (including phenoxy) is 1. The van der Waals surface area contributed by atoms with Gasteiger partial charge in [0.15, 0.2) is 4.96 Å². The molecule has 0 fully saturated rings. The number of nitrogens with zero attached hydrogens (tertiary/aromatic N) is 2. The van der Waals surface area contributed by atoms with Gasteiger partial charge in [0.05, 0.1) is 19.0 Å². The summed E-state index contributed by atoms with van der Waals surface area (Å²) in [5.74, 6) is 1.47. The van der Waals surface area contributed by atoms with Crippen LogP contribution in [0.25, 0.3) is 16.2 Å². The molecule has 0 atom stereocenters. The summed E-state index contributed by atoms with van der Waals surface area (Å²) < 4.78 is 7.39. The highest BCUT2D eigenvalue weighted by Gasteiger charge is 2.12. The number of methoxy groups -OCH3 is 1. The van der Waals surface area contributed by atoms with Crippen LogP contribution in [-0.4, -0.2) is 16.5 Å². The second-order valence-electron chi connectivity index (χ2n) is 4.58. The van der Waals surface area contributed by atoms with Crippen LogP contribution in [0.5, 0.6) is 5.75 Å². The van der Waals surface area contributed by atoms with Gasteiger partial charge in [0.25, 0.3) is 0 Å². The Bertz CT molecular complexity index is 757. The van der Waals surface area contributed by atoms with Gasteiger partial charge in [-0.3, -0.25) is 4.40 Å². The van der Waals surface area contributed by atoms with Crippen molar-refractivity contribution in [3.05, 3.63) is 34.8 Å². The molecule has 0 bridgehead atoms. The van der Waals surface area contributed by atoms with Crippen LogP contribution >= 0.6 is 11.3 Å². The lowest BCUT2D eigenvalue weighted by Crippen LogP contribution is -1.93. The molecule has 0 aliphatic carbocycles. The molecule has 19 heavy (non-hydrogen) atoms. The van der Waals surface area contributed by atoms with Crippen LogP contribution in [0.4, 0.5) is 5.82 Å². The molecule has 98 valence electrons. The zero-order valence-corrected chi connectivity index (χ0v) is 11.9. The molecule has 0 aliphatic rings. The highest BCUT2D eigenvalue weighted by atomic mass is 32.1. The van der Waals surface area contributed by atoms with Crippen molar-refractivity contribution in [2.24, 2.45) is 0 Å². The predicted octanol–water partition coefficient (Wildman–Crippen LogP) is 3.27. The molecule has 4 nitrogen and oxygen atoms in total. The Morgan fingerprint density at radius 1 is 1.26 bits per heavy atom. The molecule has 3 aromatic rings. The SMILES string of the molecule is COc1cc(C)c(-c2csc3nc(N)cn23)cc1C. The van der Waals surface area contributed by atoms with Gasteiger partial charge in [0.1, 0.15) is 11.6 Å². The molecular weight excluding hydrogens is 258 g/mol. The molecule has 5 heteroatoms. The van der Waals surface area contributed by atoms with Crippen LogP contribution < -0.4 is 10.5 Å². The topological polar surface area (TPSA) is 52.5 Å². The average molecular weight is 273 g/mol. The van der Waals surface area contributed by atoms with Gasteiger partial charge in [-0.05, 0) is 37.1 Å². The van der Waals surface area contributed by atoms with Gasteiger partial charge in [-0.15, -0.1) is 11.3 Å². The number of nitrogens with two attached hydrogens (primary N) is 1. The molecule has 0 aliphatic heterocycles. The minimum atomic E-state index is 0.552. The fourth-order valence-corrected chi connectivity index (χ4v) is 3.16. The molecule has 0 spiro atoms. The molecule has 1 aromatic carbocycles. The Labute approximate surface area is 115 Å². The van der Waals surface area contributed by atoms with E-state index in [1.165, 1.54) is 11.1 Å². The quantitative estimate of drug-likeness (QED) is 0.779. The van der Waals surface area contributed by atoms with Gasteiger partial charge >= 0.3 is 0 Å². The van der Waals surface area contributed by atoms with Crippen molar-refractivity contribution < 1.29 is 4.74 Å². The maximum atomic E-state index is 5.75. The average Bonchev–Trinajstić information content (AvgIpc) is 2.90. The van der Waals surface area contributed by atoms with E-state index in [1.807, 2.05) is 17.5 Å². The van der Waals surface area contributed by atoms with E-state index in [-0.39, 0.29) is 0 Å². The van der Waals surface area contributed by atoms with E-state index in [4.69, 9.17) is 10.5 Å². The summed E-state index contributed by atoms with van der Waals surface area (Å²) in [6.07, 6.45) is 1.86. The zero-order chi connectivity index (χ0) is 13.6. The van der Waals surface area contributed by atoms with Gasteiger partial charge in [0.2, 0.25) is 0 Å². The Balaban J connectivity index is 2.23. The first kappa shape index (κ1) is 12.0. The predicted molar refractivity (Wildman–Crippen MR) is 78.9 cm³/mol. The van der Waals surface area contributed by atoms with Crippen LogP contribution in [-0.2, 0) is 0 Å². The summed E-state index contributed by atoms with van der Waals surface area (Å²) in [4.78, 5) is 5.20. The first-order chi connectivity index (χ1) is 9.10. The fraction of sp³-hybridized carbons (Fsp3) is 0.214. The van der Waals surface area contributed by atoms with Gasteiger partial charge in [0, 0.05) is 10.9 Å². The van der Waals surface area contributed by atoms with Crippen molar-refractivity contribution in [3.8, 4) is 17.0 Å². The number of imidazole rings is 1. The first-order valence-electron chi connectivity index (χ1n) is 5.98. The van der Waals surface area contributed by atoms with E-state index < -0.39 is 0 Å². The number of anilines is 1. The number of thiazole rings is 1.